The van der Waals surface area contributed by atoms with Gasteiger partial charge in [-0.15, -0.1) is 0 Å². The second-order valence-corrected chi connectivity index (χ2v) is 7.21. The van der Waals surface area contributed by atoms with Gasteiger partial charge in [-0.2, -0.15) is 5.10 Å². The van der Waals surface area contributed by atoms with Crippen molar-refractivity contribution in [1.82, 2.24) is 15.1 Å². The van der Waals surface area contributed by atoms with Crippen LogP contribution in [0.5, 0.6) is 11.5 Å². The van der Waals surface area contributed by atoms with Crippen molar-refractivity contribution in [3.05, 3.63) is 65.9 Å². The Kier molecular flexibility index (Phi) is 7.85. The topological polar surface area (TPSA) is 93.8 Å². The number of aryl methyl sites for hydroxylation is 1. The minimum Gasteiger partial charge on any atom is -0.493 e. The number of benzene rings is 2. The van der Waals surface area contributed by atoms with Gasteiger partial charge in [0.1, 0.15) is 0 Å². The molecule has 0 aliphatic rings. The zero-order valence-electron chi connectivity index (χ0n) is 18.5. The molecule has 1 heterocycles. The van der Waals surface area contributed by atoms with Gasteiger partial charge >= 0.3 is 5.97 Å². The van der Waals surface area contributed by atoms with Gasteiger partial charge in [0.2, 0.25) is 0 Å². The molecule has 0 saturated heterocycles. The minimum absolute atomic E-state index is 0.127. The van der Waals surface area contributed by atoms with E-state index >= 15 is 0 Å². The lowest BCUT2D eigenvalue weighted by atomic mass is 10.1. The molecule has 0 aliphatic heterocycles. The van der Waals surface area contributed by atoms with Crippen LogP contribution >= 0.6 is 0 Å². The van der Waals surface area contributed by atoms with Crippen LogP contribution in [0.15, 0.2) is 54.6 Å². The van der Waals surface area contributed by atoms with Gasteiger partial charge in [-0.1, -0.05) is 30.3 Å². The molecule has 3 aromatic rings. The van der Waals surface area contributed by atoms with Gasteiger partial charge in [-0.25, -0.2) is 4.79 Å². The van der Waals surface area contributed by atoms with Crippen LogP contribution in [0.2, 0.25) is 0 Å². The molecule has 0 fully saturated rings. The van der Waals surface area contributed by atoms with E-state index in [0.717, 1.165) is 29.8 Å². The largest absolute Gasteiger partial charge is 0.493 e. The van der Waals surface area contributed by atoms with E-state index in [1.165, 1.54) is 14.2 Å². The number of hydrogen-bond donors (Lipinski definition) is 1. The molecule has 1 aromatic heterocycles. The number of esters is 1. The molecule has 3 rings (SSSR count). The number of carbonyl (C=O) groups is 2. The average Bonchev–Trinajstić information content (AvgIpc) is 3.31. The van der Waals surface area contributed by atoms with Crippen molar-refractivity contribution in [1.29, 1.82) is 0 Å². The minimum atomic E-state index is -0.500. The van der Waals surface area contributed by atoms with Crippen LogP contribution in [0.25, 0.3) is 11.3 Å². The molecule has 8 heteroatoms. The van der Waals surface area contributed by atoms with Crippen LogP contribution in [0.4, 0.5) is 0 Å². The molecule has 0 saturated carbocycles. The van der Waals surface area contributed by atoms with Gasteiger partial charge in [-0.3, -0.25) is 9.89 Å². The first-order valence-electron chi connectivity index (χ1n) is 10.2. The predicted molar refractivity (Wildman–Crippen MR) is 120 cm³/mol. The molecule has 0 atom stereocenters. The number of hydrogen-bond acceptors (Lipinski definition) is 6. The Hall–Kier alpha value is -3.81. The number of nitrogens with one attached hydrogen (secondary N) is 1. The average molecular weight is 437 g/mol. The highest BCUT2D eigenvalue weighted by molar-refractivity contribution is 5.94. The number of methoxy groups -OCH3 is 2. The Bertz CT molecular complexity index is 1050. The molecule has 32 heavy (non-hydrogen) atoms. The molecule has 0 unspecified atom stereocenters. The number of aromatic amines is 1. The molecule has 0 spiro atoms. The monoisotopic (exact) mass is 437 g/mol. The molecule has 8 nitrogen and oxygen atoms in total. The predicted octanol–water partition coefficient (Wildman–Crippen LogP) is 3.34. The smallest absolute Gasteiger partial charge is 0.343 e. The van der Waals surface area contributed by atoms with Crippen molar-refractivity contribution in [2.45, 2.75) is 12.8 Å². The van der Waals surface area contributed by atoms with Crippen molar-refractivity contribution in [3.8, 4) is 22.8 Å². The number of ether oxygens (including phenoxy) is 3. The van der Waals surface area contributed by atoms with E-state index in [4.69, 9.17) is 9.47 Å². The standard InChI is InChI=1S/C24H27N3O5/c1-27(13-7-10-19-15-20(26-25-19)17-8-5-4-6-9-17)24(29)18-11-12-21(22(14-18)30-2)32-16-23(28)31-3/h4-6,8-9,11-12,14-15H,7,10,13,16H2,1-3H3,(H,25,26). The third-order valence-corrected chi connectivity index (χ3v) is 4.97. The fraction of sp³-hybridized carbons (Fsp3) is 0.292. The first kappa shape index (κ1) is 22.9. The normalized spacial score (nSPS) is 10.5. The summed E-state index contributed by atoms with van der Waals surface area (Å²) in [7, 11) is 4.53. The molecule has 1 amide bonds. The molecule has 168 valence electrons. The van der Waals surface area contributed by atoms with Crippen molar-refractivity contribution in [2.24, 2.45) is 0 Å². The molecular formula is C24H27N3O5. The summed E-state index contributed by atoms with van der Waals surface area (Å²) in [5, 5.41) is 7.43. The van der Waals surface area contributed by atoms with Crippen LogP contribution in [0.1, 0.15) is 22.5 Å². The van der Waals surface area contributed by atoms with E-state index in [0.29, 0.717) is 23.6 Å². The number of H-pyrrole nitrogens is 1. The Morgan fingerprint density at radius 3 is 2.53 bits per heavy atom. The lowest BCUT2D eigenvalue weighted by Gasteiger charge is -2.18. The summed E-state index contributed by atoms with van der Waals surface area (Å²) < 4.78 is 15.3. The number of amides is 1. The quantitative estimate of drug-likeness (QED) is 0.489. The SMILES string of the molecule is COC(=O)COc1ccc(C(=O)N(C)CCCc2cc(-c3ccccc3)n[nH]2)cc1OC. The highest BCUT2D eigenvalue weighted by Crippen LogP contribution is 2.28. The van der Waals surface area contributed by atoms with Crippen molar-refractivity contribution < 1.29 is 23.8 Å². The van der Waals surface area contributed by atoms with Gasteiger partial charge in [0.25, 0.3) is 5.91 Å². The second-order valence-electron chi connectivity index (χ2n) is 7.21. The number of aromatic nitrogens is 2. The van der Waals surface area contributed by atoms with Gasteiger partial charge in [0, 0.05) is 30.4 Å². The summed E-state index contributed by atoms with van der Waals surface area (Å²) in [6, 6.07) is 16.9. The lowest BCUT2D eigenvalue weighted by molar-refractivity contribution is -0.142. The summed E-state index contributed by atoms with van der Waals surface area (Å²) in [6.45, 7) is 0.348. The molecular weight excluding hydrogens is 410 g/mol. The van der Waals surface area contributed by atoms with E-state index in [9.17, 15) is 9.59 Å². The summed E-state index contributed by atoms with van der Waals surface area (Å²) in [4.78, 5) is 25.7. The summed E-state index contributed by atoms with van der Waals surface area (Å²) in [5.41, 5.74) is 3.48. The molecule has 1 N–H and O–H groups in total. The lowest BCUT2D eigenvalue weighted by Crippen LogP contribution is -2.28. The van der Waals surface area contributed by atoms with E-state index in [1.54, 1.807) is 30.1 Å². The maximum atomic E-state index is 12.8. The van der Waals surface area contributed by atoms with E-state index in [1.807, 2.05) is 36.4 Å². The third-order valence-electron chi connectivity index (χ3n) is 4.97. The zero-order chi connectivity index (χ0) is 22.9. The van der Waals surface area contributed by atoms with Crippen LogP contribution in [0.3, 0.4) is 0 Å². The Labute approximate surface area is 187 Å². The van der Waals surface area contributed by atoms with E-state index < -0.39 is 5.97 Å². The third kappa shape index (κ3) is 5.87. The summed E-state index contributed by atoms with van der Waals surface area (Å²) in [6.07, 6.45) is 1.57. The number of carbonyl (C=O) groups excluding carboxylic acids is 2. The molecule has 0 aliphatic carbocycles. The van der Waals surface area contributed by atoms with Crippen molar-refractivity contribution >= 4 is 11.9 Å². The second kappa shape index (κ2) is 11.0. The van der Waals surface area contributed by atoms with Gasteiger partial charge < -0.3 is 19.1 Å². The van der Waals surface area contributed by atoms with Crippen LogP contribution in [0, 0.1) is 0 Å². The van der Waals surface area contributed by atoms with Crippen LogP contribution < -0.4 is 9.47 Å². The maximum Gasteiger partial charge on any atom is 0.343 e. The van der Waals surface area contributed by atoms with Gasteiger partial charge in [-0.05, 0) is 37.1 Å². The Morgan fingerprint density at radius 1 is 1.03 bits per heavy atom. The van der Waals surface area contributed by atoms with Crippen LogP contribution in [-0.4, -0.2) is 61.4 Å². The highest BCUT2D eigenvalue weighted by Gasteiger charge is 2.16. The van der Waals surface area contributed by atoms with Crippen molar-refractivity contribution in [2.75, 3.05) is 34.4 Å². The molecule has 2 aromatic carbocycles. The first-order chi connectivity index (χ1) is 15.5. The number of nitrogens with zero attached hydrogens (tertiary/aromatic N) is 2. The molecule has 0 bridgehead atoms. The van der Waals surface area contributed by atoms with Gasteiger partial charge in [0.05, 0.1) is 19.9 Å². The van der Waals surface area contributed by atoms with Crippen molar-refractivity contribution in [3.63, 3.8) is 0 Å². The summed E-state index contributed by atoms with van der Waals surface area (Å²) >= 11 is 0. The first-order valence-corrected chi connectivity index (χ1v) is 10.2. The maximum absolute atomic E-state index is 12.8. The van der Waals surface area contributed by atoms with E-state index in [2.05, 4.69) is 14.9 Å². The zero-order valence-corrected chi connectivity index (χ0v) is 18.5. The summed E-state index contributed by atoms with van der Waals surface area (Å²) in [5.74, 6) is 0.113. The Balaban J connectivity index is 1.54. The van der Waals surface area contributed by atoms with Gasteiger partial charge in [0.15, 0.2) is 18.1 Å². The Morgan fingerprint density at radius 2 is 1.81 bits per heavy atom. The highest BCUT2D eigenvalue weighted by atomic mass is 16.6. The molecule has 0 radical (unpaired) electrons. The number of rotatable bonds is 10. The fourth-order valence-corrected chi connectivity index (χ4v) is 3.19. The fourth-order valence-electron chi connectivity index (χ4n) is 3.19. The van der Waals surface area contributed by atoms with Crippen LogP contribution in [-0.2, 0) is 16.0 Å². The van der Waals surface area contributed by atoms with E-state index in [-0.39, 0.29) is 12.5 Å².